The minimum absolute atomic E-state index is 0.0251. The third-order valence-electron chi connectivity index (χ3n) is 3.30. The van der Waals surface area contributed by atoms with Gasteiger partial charge in [0.1, 0.15) is 0 Å². The number of hydrogen-bond donors (Lipinski definition) is 3. The lowest BCUT2D eigenvalue weighted by Gasteiger charge is -2.09. The molecule has 2 aromatic rings. The van der Waals surface area contributed by atoms with Crippen LogP contribution in [0.4, 0.5) is 0 Å². The molecule has 0 heterocycles. The fraction of sp³-hybridized carbons (Fsp3) is 0.235. The summed E-state index contributed by atoms with van der Waals surface area (Å²) in [6.45, 7) is -0.0288. The lowest BCUT2D eigenvalue weighted by Crippen LogP contribution is -2.26. The highest BCUT2D eigenvalue weighted by Crippen LogP contribution is 2.21. The van der Waals surface area contributed by atoms with Gasteiger partial charge in [0.25, 0.3) is 0 Å². The molecule has 21 heavy (non-hydrogen) atoms. The maximum absolute atomic E-state index is 10.8. The number of carboxylic acid groups (broad SMARTS) is 1. The Morgan fingerprint density at radius 3 is 2.38 bits per heavy atom. The summed E-state index contributed by atoms with van der Waals surface area (Å²) in [5, 5.41) is 17.8. The Kier molecular flexibility index (Phi) is 5.09. The second-order valence-electron chi connectivity index (χ2n) is 5.11. The normalized spacial score (nSPS) is 12.1. The van der Waals surface area contributed by atoms with Crippen molar-refractivity contribution in [2.45, 2.75) is 18.9 Å². The van der Waals surface area contributed by atoms with Crippen molar-refractivity contribution < 1.29 is 15.0 Å². The van der Waals surface area contributed by atoms with Crippen LogP contribution in [0.1, 0.15) is 11.1 Å². The van der Waals surface area contributed by atoms with Gasteiger partial charge in [0, 0.05) is 6.04 Å². The SMILES string of the molecule is NC(CO)Cc1ccc(-c2cccc(CC(=O)O)c2)cc1. The van der Waals surface area contributed by atoms with Crippen LogP contribution in [0.3, 0.4) is 0 Å². The zero-order chi connectivity index (χ0) is 15.2. The second-order valence-corrected chi connectivity index (χ2v) is 5.11. The van der Waals surface area contributed by atoms with E-state index in [0.717, 1.165) is 22.3 Å². The van der Waals surface area contributed by atoms with Crippen LogP contribution in [0.2, 0.25) is 0 Å². The summed E-state index contributed by atoms with van der Waals surface area (Å²) in [7, 11) is 0. The number of nitrogens with two attached hydrogens (primary N) is 1. The first-order valence-electron chi connectivity index (χ1n) is 6.85. The Morgan fingerprint density at radius 2 is 1.76 bits per heavy atom. The van der Waals surface area contributed by atoms with Crippen LogP contribution in [0, 0.1) is 0 Å². The van der Waals surface area contributed by atoms with Crippen LogP contribution in [-0.2, 0) is 17.6 Å². The lowest BCUT2D eigenvalue weighted by atomic mass is 9.99. The molecule has 0 radical (unpaired) electrons. The van der Waals surface area contributed by atoms with Gasteiger partial charge in [-0.2, -0.15) is 0 Å². The molecule has 4 nitrogen and oxygen atoms in total. The summed E-state index contributed by atoms with van der Waals surface area (Å²) in [6.07, 6.45) is 0.660. The zero-order valence-electron chi connectivity index (χ0n) is 11.7. The molecule has 0 aromatic heterocycles. The average Bonchev–Trinajstić information content (AvgIpc) is 2.47. The maximum atomic E-state index is 10.8. The van der Waals surface area contributed by atoms with E-state index in [0.29, 0.717) is 6.42 Å². The first-order chi connectivity index (χ1) is 10.1. The van der Waals surface area contributed by atoms with Crippen molar-refractivity contribution in [3.63, 3.8) is 0 Å². The van der Waals surface area contributed by atoms with Crippen LogP contribution in [-0.4, -0.2) is 28.8 Å². The van der Waals surface area contributed by atoms with Crippen LogP contribution in [0.25, 0.3) is 11.1 Å². The first kappa shape index (κ1) is 15.2. The Bertz CT molecular complexity index is 608. The fourth-order valence-electron chi connectivity index (χ4n) is 2.24. The standard InChI is InChI=1S/C17H19NO3/c18-16(11-19)9-12-4-6-14(7-5-12)15-3-1-2-13(8-15)10-17(20)21/h1-8,16,19H,9-11,18H2,(H,20,21). The molecule has 1 atom stereocenters. The van der Waals surface area contributed by atoms with E-state index < -0.39 is 5.97 Å². The number of aliphatic hydroxyl groups is 1. The Morgan fingerprint density at radius 1 is 1.05 bits per heavy atom. The molecule has 0 fully saturated rings. The summed E-state index contributed by atoms with van der Waals surface area (Å²) in [4.78, 5) is 10.8. The molecule has 0 aliphatic carbocycles. The van der Waals surface area contributed by atoms with Crippen molar-refractivity contribution in [1.82, 2.24) is 0 Å². The topological polar surface area (TPSA) is 83.5 Å². The van der Waals surface area contributed by atoms with Crippen molar-refractivity contribution in [3.05, 3.63) is 59.7 Å². The van der Waals surface area contributed by atoms with Gasteiger partial charge in [-0.25, -0.2) is 0 Å². The van der Waals surface area contributed by atoms with Gasteiger partial charge in [-0.1, -0.05) is 48.5 Å². The van der Waals surface area contributed by atoms with Crippen LogP contribution in [0.15, 0.2) is 48.5 Å². The smallest absolute Gasteiger partial charge is 0.307 e. The Labute approximate surface area is 123 Å². The summed E-state index contributed by atoms with van der Waals surface area (Å²) >= 11 is 0. The predicted molar refractivity (Wildman–Crippen MR) is 82.0 cm³/mol. The molecule has 0 spiro atoms. The number of carbonyl (C=O) groups is 1. The third-order valence-corrected chi connectivity index (χ3v) is 3.30. The molecule has 0 amide bonds. The molecule has 4 N–H and O–H groups in total. The van der Waals surface area contributed by atoms with E-state index in [1.54, 1.807) is 0 Å². The second kappa shape index (κ2) is 7.02. The van der Waals surface area contributed by atoms with Crippen molar-refractivity contribution >= 4 is 5.97 Å². The molecule has 4 heteroatoms. The third kappa shape index (κ3) is 4.41. The largest absolute Gasteiger partial charge is 0.481 e. The molecule has 0 saturated heterocycles. The van der Waals surface area contributed by atoms with Gasteiger partial charge in [0.2, 0.25) is 0 Å². The summed E-state index contributed by atoms with van der Waals surface area (Å²) in [5.41, 5.74) is 9.59. The van der Waals surface area contributed by atoms with E-state index in [1.165, 1.54) is 0 Å². The highest BCUT2D eigenvalue weighted by atomic mass is 16.4. The van der Waals surface area contributed by atoms with Crippen LogP contribution in [0.5, 0.6) is 0 Å². The van der Waals surface area contributed by atoms with Gasteiger partial charge in [-0.3, -0.25) is 4.79 Å². The summed E-state index contributed by atoms with van der Waals surface area (Å²) in [5.74, 6) is -0.833. The minimum Gasteiger partial charge on any atom is -0.481 e. The number of rotatable bonds is 6. The van der Waals surface area contributed by atoms with Crippen LogP contribution >= 0.6 is 0 Å². The van der Waals surface area contributed by atoms with Crippen molar-refractivity contribution in [2.75, 3.05) is 6.61 Å². The Hall–Kier alpha value is -2.17. The van der Waals surface area contributed by atoms with E-state index in [9.17, 15) is 4.79 Å². The maximum Gasteiger partial charge on any atom is 0.307 e. The number of aliphatic hydroxyl groups excluding tert-OH is 1. The van der Waals surface area contributed by atoms with Crippen molar-refractivity contribution in [1.29, 1.82) is 0 Å². The minimum atomic E-state index is -0.833. The average molecular weight is 285 g/mol. The van der Waals surface area contributed by atoms with Gasteiger partial charge >= 0.3 is 5.97 Å². The molecule has 0 bridgehead atoms. The monoisotopic (exact) mass is 285 g/mol. The molecule has 0 aliphatic heterocycles. The number of aliphatic carboxylic acids is 1. The van der Waals surface area contributed by atoms with E-state index in [2.05, 4.69) is 0 Å². The fourth-order valence-corrected chi connectivity index (χ4v) is 2.24. The highest BCUT2D eigenvalue weighted by molar-refractivity contribution is 5.72. The van der Waals surface area contributed by atoms with Gasteiger partial charge in [0.15, 0.2) is 0 Å². The van der Waals surface area contributed by atoms with Gasteiger partial charge in [0.05, 0.1) is 13.0 Å². The number of hydrogen-bond acceptors (Lipinski definition) is 3. The molecular weight excluding hydrogens is 266 g/mol. The number of carboxylic acids is 1. The molecule has 1 unspecified atom stereocenters. The highest BCUT2D eigenvalue weighted by Gasteiger charge is 2.05. The summed E-state index contributed by atoms with van der Waals surface area (Å²) in [6, 6.07) is 15.2. The van der Waals surface area contributed by atoms with Gasteiger partial charge < -0.3 is 15.9 Å². The quantitative estimate of drug-likeness (QED) is 0.756. The number of benzene rings is 2. The van der Waals surface area contributed by atoms with E-state index >= 15 is 0 Å². The van der Waals surface area contributed by atoms with E-state index in [1.807, 2.05) is 48.5 Å². The molecule has 0 aliphatic rings. The zero-order valence-corrected chi connectivity index (χ0v) is 11.7. The molecule has 0 saturated carbocycles. The molecule has 110 valence electrons. The van der Waals surface area contributed by atoms with Gasteiger partial charge in [-0.15, -0.1) is 0 Å². The Balaban J connectivity index is 2.16. The van der Waals surface area contributed by atoms with E-state index in [-0.39, 0.29) is 19.1 Å². The molecule has 2 rings (SSSR count). The van der Waals surface area contributed by atoms with Crippen molar-refractivity contribution in [2.24, 2.45) is 5.73 Å². The van der Waals surface area contributed by atoms with Crippen LogP contribution < -0.4 is 5.73 Å². The molecule has 2 aromatic carbocycles. The lowest BCUT2D eigenvalue weighted by molar-refractivity contribution is -0.136. The first-order valence-corrected chi connectivity index (χ1v) is 6.85. The van der Waals surface area contributed by atoms with Gasteiger partial charge in [-0.05, 0) is 28.7 Å². The predicted octanol–water partition coefficient (Wildman–Crippen LogP) is 1.84. The van der Waals surface area contributed by atoms with E-state index in [4.69, 9.17) is 15.9 Å². The van der Waals surface area contributed by atoms with Crippen molar-refractivity contribution in [3.8, 4) is 11.1 Å². The molecular formula is C17H19NO3. The summed E-state index contributed by atoms with van der Waals surface area (Å²) < 4.78 is 0.